The summed E-state index contributed by atoms with van der Waals surface area (Å²) in [6.07, 6.45) is 3.89. The number of benzene rings is 1. The van der Waals surface area contributed by atoms with E-state index in [9.17, 15) is 4.79 Å². The van der Waals surface area contributed by atoms with E-state index in [1.54, 1.807) is 6.92 Å². The van der Waals surface area contributed by atoms with Crippen LogP contribution in [0.4, 0.5) is 5.69 Å². The Morgan fingerprint density at radius 3 is 2.56 bits per heavy atom. The summed E-state index contributed by atoms with van der Waals surface area (Å²) in [6.45, 7) is 10.1. The van der Waals surface area contributed by atoms with Gasteiger partial charge in [-0.3, -0.25) is 4.79 Å². The fourth-order valence-corrected chi connectivity index (χ4v) is 3.66. The van der Waals surface area contributed by atoms with E-state index in [1.807, 2.05) is 17.4 Å². The maximum Gasteiger partial charge on any atom is 0.219 e. The standard InChI is InChI=1S/C21H25N5O/c1-4-24-13-21(22-14-24)20-11-15(2)18-12-17(5-6-19(18)23-20)26-9-7-25(8-10-26)16(3)27/h5-6,11-14H,4,7-10H2,1-3H3. The van der Waals surface area contributed by atoms with Crippen LogP contribution in [0.15, 0.2) is 36.8 Å². The van der Waals surface area contributed by atoms with Crippen LogP contribution in [0, 0.1) is 6.92 Å². The van der Waals surface area contributed by atoms with E-state index in [4.69, 9.17) is 4.98 Å². The molecule has 1 fully saturated rings. The Morgan fingerprint density at radius 2 is 1.89 bits per heavy atom. The molecule has 0 spiro atoms. The van der Waals surface area contributed by atoms with Crippen molar-refractivity contribution in [2.75, 3.05) is 31.1 Å². The minimum Gasteiger partial charge on any atom is -0.368 e. The summed E-state index contributed by atoms with van der Waals surface area (Å²) in [5.74, 6) is 0.159. The van der Waals surface area contributed by atoms with Gasteiger partial charge in [0, 0.05) is 56.9 Å². The second kappa shape index (κ2) is 7.02. The molecule has 0 N–H and O–H groups in total. The molecule has 0 atom stereocenters. The molecule has 3 heterocycles. The van der Waals surface area contributed by atoms with Crippen molar-refractivity contribution >= 4 is 22.5 Å². The molecule has 0 unspecified atom stereocenters. The van der Waals surface area contributed by atoms with Crippen LogP contribution in [0.5, 0.6) is 0 Å². The van der Waals surface area contributed by atoms with Gasteiger partial charge in [-0.2, -0.15) is 0 Å². The average Bonchev–Trinajstić information content (AvgIpc) is 3.17. The largest absolute Gasteiger partial charge is 0.368 e. The van der Waals surface area contributed by atoms with Gasteiger partial charge >= 0.3 is 0 Å². The molecule has 0 bridgehead atoms. The van der Waals surface area contributed by atoms with Crippen molar-refractivity contribution in [3.63, 3.8) is 0 Å². The van der Waals surface area contributed by atoms with Crippen molar-refractivity contribution in [1.29, 1.82) is 0 Å². The minimum atomic E-state index is 0.159. The number of aryl methyl sites for hydroxylation is 2. The second-order valence-corrected chi connectivity index (χ2v) is 7.11. The van der Waals surface area contributed by atoms with Crippen LogP contribution in [-0.2, 0) is 11.3 Å². The number of hydrogen-bond acceptors (Lipinski definition) is 4. The fourth-order valence-electron chi connectivity index (χ4n) is 3.66. The first-order chi connectivity index (χ1) is 13.0. The number of nitrogens with zero attached hydrogens (tertiary/aromatic N) is 5. The number of pyridine rings is 1. The van der Waals surface area contributed by atoms with E-state index in [1.165, 1.54) is 16.6 Å². The van der Waals surface area contributed by atoms with Crippen molar-refractivity contribution in [1.82, 2.24) is 19.4 Å². The SMILES string of the molecule is CCn1cnc(-c2cc(C)c3cc(N4CCN(C(C)=O)CC4)ccc3n2)c1. The molecule has 3 aromatic rings. The Morgan fingerprint density at radius 1 is 1.11 bits per heavy atom. The zero-order chi connectivity index (χ0) is 19.0. The predicted octanol–water partition coefficient (Wildman–Crippen LogP) is 3.10. The molecule has 140 valence electrons. The number of imidazole rings is 1. The topological polar surface area (TPSA) is 54.3 Å². The maximum atomic E-state index is 11.5. The van der Waals surface area contributed by atoms with Gasteiger partial charge in [-0.1, -0.05) is 0 Å². The molecule has 0 saturated carbocycles. The Bertz CT molecular complexity index is 985. The first-order valence-corrected chi connectivity index (χ1v) is 9.49. The molecule has 6 heteroatoms. The summed E-state index contributed by atoms with van der Waals surface area (Å²) < 4.78 is 2.06. The molecular formula is C21H25N5O. The van der Waals surface area contributed by atoms with Crippen LogP contribution < -0.4 is 4.90 Å². The van der Waals surface area contributed by atoms with Crippen LogP contribution in [0.3, 0.4) is 0 Å². The number of fused-ring (bicyclic) bond motifs is 1. The molecular weight excluding hydrogens is 338 g/mol. The lowest BCUT2D eigenvalue weighted by molar-refractivity contribution is -0.129. The molecule has 1 saturated heterocycles. The van der Waals surface area contributed by atoms with Gasteiger partial charge in [-0.15, -0.1) is 0 Å². The normalized spacial score (nSPS) is 14.8. The minimum absolute atomic E-state index is 0.159. The Balaban J connectivity index is 1.62. The highest BCUT2D eigenvalue weighted by atomic mass is 16.2. The third-order valence-electron chi connectivity index (χ3n) is 5.35. The van der Waals surface area contributed by atoms with Gasteiger partial charge in [0.1, 0.15) is 5.69 Å². The van der Waals surface area contributed by atoms with E-state index in [0.29, 0.717) is 0 Å². The Kier molecular flexibility index (Phi) is 4.56. The van der Waals surface area contributed by atoms with Crippen molar-refractivity contribution in [3.05, 3.63) is 42.4 Å². The third-order valence-corrected chi connectivity index (χ3v) is 5.35. The molecule has 1 amide bonds. The molecule has 27 heavy (non-hydrogen) atoms. The zero-order valence-corrected chi connectivity index (χ0v) is 16.1. The number of rotatable bonds is 3. The zero-order valence-electron chi connectivity index (χ0n) is 16.1. The van der Waals surface area contributed by atoms with Gasteiger partial charge in [0.15, 0.2) is 0 Å². The van der Waals surface area contributed by atoms with Gasteiger partial charge < -0.3 is 14.4 Å². The third kappa shape index (κ3) is 3.39. The molecule has 2 aromatic heterocycles. The van der Waals surface area contributed by atoms with E-state index < -0.39 is 0 Å². The van der Waals surface area contributed by atoms with E-state index in [2.05, 4.69) is 52.6 Å². The maximum absolute atomic E-state index is 11.5. The highest BCUT2D eigenvalue weighted by Gasteiger charge is 2.19. The molecule has 1 aliphatic heterocycles. The quantitative estimate of drug-likeness (QED) is 0.718. The highest BCUT2D eigenvalue weighted by Crippen LogP contribution is 2.28. The number of amides is 1. The van der Waals surface area contributed by atoms with E-state index in [0.717, 1.165) is 49.6 Å². The van der Waals surface area contributed by atoms with Gasteiger partial charge in [-0.25, -0.2) is 9.97 Å². The van der Waals surface area contributed by atoms with E-state index in [-0.39, 0.29) is 5.91 Å². The van der Waals surface area contributed by atoms with Crippen LogP contribution in [0.25, 0.3) is 22.3 Å². The predicted molar refractivity (Wildman–Crippen MR) is 108 cm³/mol. The Labute approximate surface area is 159 Å². The number of carbonyl (C=O) groups excluding carboxylic acids is 1. The summed E-state index contributed by atoms with van der Waals surface area (Å²) in [7, 11) is 0. The first kappa shape index (κ1) is 17.5. The fraction of sp³-hybridized carbons (Fsp3) is 0.381. The van der Waals surface area contributed by atoms with Crippen LogP contribution in [0.2, 0.25) is 0 Å². The lowest BCUT2D eigenvalue weighted by Crippen LogP contribution is -2.48. The molecule has 1 aromatic carbocycles. The summed E-state index contributed by atoms with van der Waals surface area (Å²) >= 11 is 0. The van der Waals surface area contributed by atoms with Crippen LogP contribution >= 0.6 is 0 Å². The number of piperazine rings is 1. The number of hydrogen-bond donors (Lipinski definition) is 0. The molecule has 4 rings (SSSR count). The Hall–Kier alpha value is -2.89. The van der Waals surface area contributed by atoms with Crippen LogP contribution in [0.1, 0.15) is 19.4 Å². The van der Waals surface area contributed by atoms with Gasteiger partial charge in [-0.05, 0) is 43.7 Å². The van der Waals surface area contributed by atoms with Crippen molar-refractivity contribution < 1.29 is 4.79 Å². The average molecular weight is 363 g/mol. The van der Waals surface area contributed by atoms with Gasteiger partial charge in [0.25, 0.3) is 0 Å². The second-order valence-electron chi connectivity index (χ2n) is 7.11. The van der Waals surface area contributed by atoms with Crippen molar-refractivity contribution in [2.24, 2.45) is 0 Å². The summed E-state index contributed by atoms with van der Waals surface area (Å²) in [6, 6.07) is 8.56. The summed E-state index contributed by atoms with van der Waals surface area (Å²) in [5, 5.41) is 1.17. The molecule has 6 nitrogen and oxygen atoms in total. The lowest BCUT2D eigenvalue weighted by atomic mass is 10.1. The number of anilines is 1. The highest BCUT2D eigenvalue weighted by molar-refractivity contribution is 5.87. The lowest BCUT2D eigenvalue weighted by Gasteiger charge is -2.35. The molecule has 0 aliphatic carbocycles. The number of aromatic nitrogens is 3. The van der Waals surface area contributed by atoms with Crippen LogP contribution in [-0.4, -0.2) is 51.5 Å². The molecule has 1 aliphatic rings. The first-order valence-electron chi connectivity index (χ1n) is 9.49. The van der Waals surface area contributed by atoms with Crippen molar-refractivity contribution in [3.8, 4) is 11.4 Å². The van der Waals surface area contributed by atoms with Gasteiger partial charge in [0.05, 0.1) is 17.5 Å². The van der Waals surface area contributed by atoms with Crippen molar-refractivity contribution in [2.45, 2.75) is 27.3 Å². The van der Waals surface area contributed by atoms with Gasteiger partial charge in [0.2, 0.25) is 5.91 Å². The van der Waals surface area contributed by atoms with E-state index >= 15 is 0 Å². The number of carbonyl (C=O) groups is 1. The monoisotopic (exact) mass is 363 g/mol. The summed E-state index contributed by atoms with van der Waals surface area (Å²) in [5.41, 5.74) is 5.20. The smallest absolute Gasteiger partial charge is 0.219 e. The summed E-state index contributed by atoms with van der Waals surface area (Å²) in [4.78, 5) is 25.1. The molecule has 0 radical (unpaired) electrons.